The summed E-state index contributed by atoms with van der Waals surface area (Å²) in [5, 5.41) is 2.90. The van der Waals surface area contributed by atoms with Gasteiger partial charge in [-0.25, -0.2) is 13.4 Å². The van der Waals surface area contributed by atoms with E-state index in [-0.39, 0.29) is 11.9 Å². The maximum atomic E-state index is 12.5. The Morgan fingerprint density at radius 2 is 1.89 bits per heavy atom. The van der Waals surface area contributed by atoms with Crippen LogP contribution >= 0.6 is 0 Å². The number of sulfonamides is 1. The van der Waals surface area contributed by atoms with E-state index < -0.39 is 10.0 Å². The number of oxazole rings is 1. The Labute approximate surface area is 157 Å². The smallest absolute Gasteiger partial charge is 0.251 e. The number of nitrogens with zero attached hydrogens (tertiary/aromatic N) is 1. The number of benzene rings is 2. The maximum absolute atomic E-state index is 12.5. The summed E-state index contributed by atoms with van der Waals surface area (Å²) in [6.45, 7) is 1.83. The van der Waals surface area contributed by atoms with Gasteiger partial charge >= 0.3 is 0 Å². The molecule has 1 amide bonds. The summed E-state index contributed by atoms with van der Waals surface area (Å²) in [5.74, 6) is 0.401. The minimum Gasteiger partial charge on any atom is -0.444 e. The van der Waals surface area contributed by atoms with Crippen molar-refractivity contribution in [2.24, 2.45) is 0 Å². The van der Waals surface area contributed by atoms with Crippen LogP contribution in [0.25, 0.3) is 11.3 Å². The van der Waals surface area contributed by atoms with Crippen molar-refractivity contribution < 1.29 is 17.6 Å². The highest BCUT2D eigenvalue weighted by Crippen LogP contribution is 2.21. The minimum atomic E-state index is -3.36. The molecule has 0 saturated heterocycles. The van der Waals surface area contributed by atoms with Gasteiger partial charge in [0.25, 0.3) is 5.91 Å². The quantitative estimate of drug-likeness (QED) is 0.678. The average Bonchev–Trinajstić information content (AvgIpc) is 3.15. The molecule has 1 unspecified atom stereocenters. The van der Waals surface area contributed by atoms with Gasteiger partial charge in [0.15, 0.2) is 12.2 Å². The van der Waals surface area contributed by atoms with Gasteiger partial charge in [0.2, 0.25) is 10.0 Å². The molecule has 27 heavy (non-hydrogen) atoms. The molecular formula is C19H19N3O4S. The maximum Gasteiger partial charge on any atom is 0.251 e. The lowest BCUT2D eigenvalue weighted by atomic mass is 10.1. The monoisotopic (exact) mass is 385 g/mol. The Morgan fingerprint density at radius 3 is 2.52 bits per heavy atom. The van der Waals surface area contributed by atoms with E-state index in [9.17, 15) is 13.2 Å². The van der Waals surface area contributed by atoms with E-state index in [0.29, 0.717) is 17.0 Å². The highest BCUT2D eigenvalue weighted by molar-refractivity contribution is 7.92. The van der Waals surface area contributed by atoms with Crippen LogP contribution in [0, 0.1) is 0 Å². The molecule has 2 aromatic carbocycles. The fourth-order valence-corrected chi connectivity index (χ4v) is 3.15. The average molecular weight is 385 g/mol. The second-order valence-corrected chi connectivity index (χ2v) is 7.89. The van der Waals surface area contributed by atoms with Gasteiger partial charge in [-0.3, -0.25) is 9.52 Å². The van der Waals surface area contributed by atoms with Crippen molar-refractivity contribution in [2.45, 2.75) is 13.0 Å². The van der Waals surface area contributed by atoms with Gasteiger partial charge in [-0.1, -0.05) is 24.3 Å². The summed E-state index contributed by atoms with van der Waals surface area (Å²) < 4.78 is 30.4. The van der Waals surface area contributed by atoms with E-state index in [0.717, 1.165) is 17.4 Å². The SMILES string of the molecule is CC(NC(=O)c1ccc(-c2cnco2)cc1)c1cccc(NS(C)(=O)=O)c1. The van der Waals surface area contributed by atoms with Gasteiger partial charge in [0, 0.05) is 16.8 Å². The van der Waals surface area contributed by atoms with Crippen molar-refractivity contribution >= 4 is 21.6 Å². The number of carbonyl (C=O) groups excluding carboxylic acids is 1. The Morgan fingerprint density at radius 1 is 1.15 bits per heavy atom. The number of nitrogens with one attached hydrogen (secondary N) is 2. The van der Waals surface area contributed by atoms with Crippen molar-refractivity contribution in [3.8, 4) is 11.3 Å². The van der Waals surface area contributed by atoms with Crippen LogP contribution in [0.1, 0.15) is 28.9 Å². The summed E-state index contributed by atoms with van der Waals surface area (Å²) in [6, 6.07) is 13.6. The van der Waals surface area contributed by atoms with Gasteiger partial charge in [-0.2, -0.15) is 0 Å². The van der Waals surface area contributed by atoms with E-state index in [2.05, 4.69) is 15.0 Å². The van der Waals surface area contributed by atoms with Gasteiger partial charge in [-0.05, 0) is 36.8 Å². The molecule has 0 aliphatic rings. The second-order valence-electron chi connectivity index (χ2n) is 6.14. The zero-order chi connectivity index (χ0) is 19.4. The molecule has 0 aliphatic heterocycles. The van der Waals surface area contributed by atoms with Crippen molar-refractivity contribution in [3.63, 3.8) is 0 Å². The van der Waals surface area contributed by atoms with Gasteiger partial charge < -0.3 is 9.73 Å². The topological polar surface area (TPSA) is 101 Å². The van der Waals surface area contributed by atoms with E-state index in [4.69, 9.17) is 4.42 Å². The molecule has 1 aromatic heterocycles. The molecule has 0 radical (unpaired) electrons. The van der Waals surface area contributed by atoms with Gasteiger partial charge in [0.1, 0.15) is 0 Å². The second kappa shape index (κ2) is 7.63. The van der Waals surface area contributed by atoms with Crippen LogP contribution in [-0.4, -0.2) is 25.6 Å². The molecule has 0 fully saturated rings. The van der Waals surface area contributed by atoms with Crippen LogP contribution in [0.2, 0.25) is 0 Å². The van der Waals surface area contributed by atoms with Crippen molar-refractivity contribution in [1.29, 1.82) is 0 Å². The highest BCUT2D eigenvalue weighted by Gasteiger charge is 2.13. The van der Waals surface area contributed by atoms with Crippen LogP contribution in [0.15, 0.2) is 65.5 Å². The zero-order valence-electron chi connectivity index (χ0n) is 14.8. The Bertz CT molecular complexity index is 1030. The van der Waals surface area contributed by atoms with Crippen LogP contribution in [0.4, 0.5) is 5.69 Å². The number of hydrogen-bond donors (Lipinski definition) is 2. The first-order chi connectivity index (χ1) is 12.8. The van der Waals surface area contributed by atoms with Crippen molar-refractivity contribution in [3.05, 3.63) is 72.2 Å². The number of aromatic nitrogens is 1. The molecule has 0 aliphatic carbocycles. The Kier molecular flexibility index (Phi) is 5.27. The molecule has 0 bridgehead atoms. The third-order valence-electron chi connectivity index (χ3n) is 3.90. The number of carbonyl (C=O) groups is 1. The number of rotatable bonds is 6. The molecule has 8 heteroatoms. The summed E-state index contributed by atoms with van der Waals surface area (Å²) in [4.78, 5) is 16.4. The van der Waals surface area contributed by atoms with E-state index >= 15 is 0 Å². The molecule has 2 N–H and O–H groups in total. The lowest BCUT2D eigenvalue weighted by Crippen LogP contribution is -2.26. The van der Waals surface area contributed by atoms with Crippen molar-refractivity contribution in [2.75, 3.05) is 11.0 Å². The van der Waals surface area contributed by atoms with Crippen LogP contribution in [-0.2, 0) is 10.0 Å². The van der Waals surface area contributed by atoms with Crippen LogP contribution in [0.3, 0.4) is 0 Å². The van der Waals surface area contributed by atoms with E-state index in [1.54, 1.807) is 48.7 Å². The fraction of sp³-hybridized carbons (Fsp3) is 0.158. The first-order valence-corrected chi connectivity index (χ1v) is 10.1. The van der Waals surface area contributed by atoms with Gasteiger partial charge in [-0.15, -0.1) is 0 Å². The molecule has 1 heterocycles. The lowest BCUT2D eigenvalue weighted by molar-refractivity contribution is 0.0940. The molecule has 7 nitrogen and oxygen atoms in total. The molecule has 140 valence electrons. The molecular weight excluding hydrogens is 366 g/mol. The lowest BCUT2D eigenvalue weighted by Gasteiger charge is -2.16. The summed E-state index contributed by atoms with van der Waals surface area (Å²) in [7, 11) is -3.36. The summed E-state index contributed by atoms with van der Waals surface area (Å²) >= 11 is 0. The number of amides is 1. The molecule has 0 spiro atoms. The predicted molar refractivity (Wildman–Crippen MR) is 103 cm³/mol. The first-order valence-electron chi connectivity index (χ1n) is 8.19. The first kappa shape index (κ1) is 18.7. The Hall–Kier alpha value is -3.13. The molecule has 1 atom stereocenters. The minimum absolute atomic E-state index is 0.229. The van der Waals surface area contributed by atoms with E-state index in [1.807, 2.05) is 13.0 Å². The largest absolute Gasteiger partial charge is 0.444 e. The predicted octanol–water partition coefficient (Wildman–Crippen LogP) is 3.20. The van der Waals surface area contributed by atoms with E-state index in [1.165, 1.54) is 6.39 Å². The van der Waals surface area contributed by atoms with Gasteiger partial charge in [0.05, 0.1) is 18.5 Å². The van der Waals surface area contributed by atoms with Crippen molar-refractivity contribution in [1.82, 2.24) is 10.3 Å². The summed E-state index contributed by atoms with van der Waals surface area (Å²) in [6.07, 6.45) is 4.05. The summed E-state index contributed by atoms with van der Waals surface area (Å²) in [5.41, 5.74) is 2.58. The molecule has 0 saturated carbocycles. The zero-order valence-corrected chi connectivity index (χ0v) is 15.7. The number of anilines is 1. The highest BCUT2D eigenvalue weighted by atomic mass is 32.2. The number of hydrogen-bond acceptors (Lipinski definition) is 5. The standard InChI is InChI=1S/C19H19N3O4S/c1-13(16-4-3-5-17(10-16)22-27(2,24)25)21-19(23)15-8-6-14(7-9-15)18-11-20-12-26-18/h3-13,22H,1-2H3,(H,21,23). The fourth-order valence-electron chi connectivity index (χ4n) is 2.59. The third-order valence-corrected chi connectivity index (χ3v) is 4.51. The van der Waals surface area contributed by atoms with Crippen LogP contribution < -0.4 is 10.0 Å². The molecule has 3 aromatic rings. The third kappa shape index (κ3) is 4.95. The normalized spacial score (nSPS) is 12.4. The Balaban J connectivity index is 1.69. The van der Waals surface area contributed by atoms with Crippen LogP contribution in [0.5, 0.6) is 0 Å². The molecule has 3 rings (SSSR count).